The van der Waals surface area contributed by atoms with Crippen LogP contribution in [-0.2, 0) is 10.0 Å². The van der Waals surface area contributed by atoms with Crippen molar-refractivity contribution in [2.24, 2.45) is 11.3 Å². The number of sulfonamides is 1. The van der Waals surface area contributed by atoms with Gasteiger partial charge in [-0.25, -0.2) is 17.9 Å². The van der Waals surface area contributed by atoms with Crippen LogP contribution in [0.25, 0.3) is 0 Å². The van der Waals surface area contributed by atoms with E-state index in [1.807, 2.05) is 0 Å². The Bertz CT molecular complexity index is 654. The van der Waals surface area contributed by atoms with Crippen LogP contribution in [0.15, 0.2) is 27.6 Å². The van der Waals surface area contributed by atoms with Gasteiger partial charge in [0.1, 0.15) is 0 Å². The van der Waals surface area contributed by atoms with E-state index in [0.29, 0.717) is 12.5 Å². The van der Waals surface area contributed by atoms with Gasteiger partial charge in [0, 0.05) is 11.0 Å². The first-order valence-electron chi connectivity index (χ1n) is 6.16. The lowest BCUT2D eigenvalue weighted by Crippen LogP contribution is -2.27. The Morgan fingerprint density at radius 3 is 2.55 bits per heavy atom. The van der Waals surface area contributed by atoms with Crippen LogP contribution in [0.1, 0.15) is 30.6 Å². The first-order valence-corrected chi connectivity index (χ1v) is 8.43. The molecule has 0 bridgehead atoms. The average Bonchev–Trinajstić information content (AvgIpc) is 2.94. The van der Waals surface area contributed by atoms with E-state index in [4.69, 9.17) is 5.11 Å². The second-order valence-electron chi connectivity index (χ2n) is 5.69. The molecule has 0 aromatic heterocycles. The Hall–Kier alpha value is -0.920. The Morgan fingerprint density at radius 1 is 1.50 bits per heavy atom. The van der Waals surface area contributed by atoms with Crippen LogP contribution in [0.2, 0.25) is 0 Å². The monoisotopic (exact) mass is 361 g/mol. The summed E-state index contributed by atoms with van der Waals surface area (Å²) in [6.45, 7) is 4.61. The van der Waals surface area contributed by atoms with Gasteiger partial charge in [0.05, 0.1) is 10.5 Å². The number of carboxylic acids is 1. The van der Waals surface area contributed by atoms with Crippen molar-refractivity contribution in [3.63, 3.8) is 0 Å². The molecule has 2 rings (SSSR count). The SMILES string of the molecule is CC1(C)CC1CNS(=O)(=O)c1ccc(C(=O)O)cc1Br. The molecule has 0 spiro atoms. The van der Waals surface area contributed by atoms with Crippen LogP contribution < -0.4 is 4.72 Å². The highest BCUT2D eigenvalue weighted by molar-refractivity contribution is 9.10. The molecule has 110 valence electrons. The largest absolute Gasteiger partial charge is 0.478 e. The number of carbonyl (C=O) groups is 1. The highest BCUT2D eigenvalue weighted by atomic mass is 79.9. The highest BCUT2D eigenvalue weighted by Gasteiger charge is 2.45. The van der Waals surface area contributed by atoms with Crippen molar-refractivity contribution in [2.75, 3.05) is 6.54 Å². The quantitative estimate of drug-likeness (QED) is 0.843. The fourth-order valence-electron chi connectivity index (χ4n) is 2.06. The summed E-state index contributed by atoms with van der Waals surface area (Å²) in [5.74, 6) is -0.739. The van der Waals surface area contributed by atoms with Crippen LogP contribution >= 0.6 is 15.9 Å². The summed E-state index contributed by atoms with van der Waals surface area (Å²) in [7, 11) is -3.63. The molecule has 0 amide bonds. The number of hydrogen-bond acceptors (Lipinski definition) is 3. The summed E-state index contributed by atoms with van der Waals surface area (Å²) in [4.78, 5) is 10.9. The summed E-state index contributed by atoms with van der Waals surface area (Å²) < 4.78 is 27.2. The zero-order chi connectivity index (χ0) is 15.1. The maximum absolute atomic E-state index is 12.2. The van der Waals surface area contributed by atoms with E-state index >= 15 is 0 Å². The van der Waals surface area contributed by atoms with Crippen LogP contribution in [-0.4, -0.2) is 26.0 Å². The van der Waals surface area contributed by atoms with Gasteiger partial charge in [-0.2, -0.15) is 0 Å². The van der Waals surface area contributed by atoms with Gasteiger partial charge in [-0.3, -0.25) is 0 Å². The number of rotatable bonds is 5. The van der Waals surface area contributed by atoms with Gasteiger partial charge < -0.3 is 5.11 Å². The van der Waals surface area contributed by atoms with Gasteiger partial charge in [-0.1, -0.05) is 13.8 Å². The summed E-state index contributed by atoms with van der Waals surface area (Å²) in [5, 5.41) is 8.86. The predicted octanol–water partition coefficient (Wildman–Crippen LogP) is 2.47. The molecular formula is C13H16BrNO4S. The van der Waals surface area contributed by atoms with Crippen molar-refractivity contribution < 1.29 is 18.3 Å². The van der Waals surface area contributed by atoms with Crippen LogP contribution in [0.5, 0.6) is 0 Å². The fraction of sp³-hybridized carbons (Fsp3) is 0.462. The average molecular weight is 362 g/mol. The molecule has 1 atom stereocenters. The Balaban J connectivity index is 2.15. The number of hydrogen-bond donors (Lipinski definition) is 2. The lowest BCUT2D eigenvalue weighted by atomic mass is 10.1. The topological polar surface area (TPSA) is 83.5 Å². The third kappa shape index (κ3) is 3.21. The van der Waals surface area contributed by atoms with Crippen LogP contribution in [0, 0.1) is 11.3 Å². The molecule has 0 radical (unpaired) electrons. The highest BCUT2D eigenvalue weighted by Crippen LogP contribution is 2.51. The van der Waals surface area contributed by atoms with Gasteiger partial charge in [0.25, 0.3) is 0 Å². The Labute approximate surface area is 126 Å². The van der Waals surface area contributed by atoms with Gasteiger partial charge in [0.2, 0.25) is 10.0 Å². The molecule has 7 heteroatoms. The van der Waals surface area contributed by atoms with E-state index in [1.54, 1.807) is 0 Å². The second-order valence-corrected chi connectivity index (χ2v) is 8.28. The summed E-state index contributed by atoms with van der Waals surface area (Å²) in [5.41, 5.74) is 0.242. The third-order valence-corrected chi connectivity index (χ3v) is 6.11. The molecule has 0 saturated heterocycles. The van der Waals surface area contributed by atoms with Crippen molar-refractivity contribution in [1.82, 2.24) is 4.72 Å². The molecule has 1 aliphatic rings. The lowest BCUT2D eigenvalue weighted by Gasteiger charge is -2.10. The van der Waals surface area contributed by atoms with Gasteiger partial charge in [-0.05, 0) is 51.9 Å². The molecule has 5 nitrogen and oxygen atoms in total. The molecule has 1 fully saturated rings. The second kappa shape index (κ2) is 5.13. The molecule has 1 saturated carbocycles. The number of carboxylic acid groups (broad SMARTS) is 1. The first kappa shape index (κ1) is 15.5. The molecule has 1 aromatic rings. The van der Waals surface area contributed by atoms with Crippen LogP contribution in [0.4, 0.5) is 0 Å². The number of aromatic carboxylic acids is 1. The van der Waals surface area contributed by atoms with Crippen LogP contribution in [0.3, 0.4) is 0 Å². The minimum atomic E-state index is -3.63. The normalized spacial score (nSPS) is 20.6. The van der Waals surface area contributed by atoms with Crippen molar-refractivity contribution in [3.8, 4) is 0 Å². The molecule has 0 aliphatic heterocycles. The number of halogens is 1. The van der Waals surface area contributed by atoms with Gasteiger partial charge in [0.15, 0.2) is 0 Å². The summed E-state index contributed by atoms with van der Waals surface area (Å²) in [6, 6.07) is 3.87. The number of nitrogens with one attached hydrogen (secondary N) is 1. The smallest absolute Gasteiger partial charge is 0.335 e. The zero-order valence-corrected chi connectivity index (χ0v) is 13.6. The minimum absolute atomic E-state index is 0.0409. The van der Waals surface area contributed by atoms with Crippen molar-refractivity contribution >= 4 is 31.9 Å². The van der Waals surface area contributed by atoms with E-state index < -0.39 is 16.0 Å². The van der Waals surface area contributed by atoms with Crippen molar-refractivity contribution in [1.29, 1.82) is 0 Å². The summed E-state index contributed by atoms with van der Waals surface area (Å²) in [6.07, 6.45) is 1.01. The molecule has 20 heavy (non-hydrogen) atoms. The molecule has 1 aromatic carbocycles. The van der Waals surface area contributed by atoms with E-state index in [9.17, 15) is 13.2 Å². The maximum Gasteiger partial charge on any atom is 0.335 e. The zero-order valence-electron chi connectivity index (χ0n) is 11.2. The lowest BCUT2D eigenvalue weighted by molar-refractivity contribution is 0.0696. The molecule has 1 aliphatic carbocycles. The van der Waals surface area contributed by atoms with Gasteiger partial charge >= 0.3 is 5.97 Å². The Kier molecular flexibility index (Phi) is 3.96. The van der Waals surface area contributed by atoms with Crippen molar-refractivity contribution in [3.05, 3.63) is 28.2 Å². The minimum Gasteiger partial charge on any atom is -0.478 e. The standard InChI is InChI=1S/C13H16BrNO4S/c1-13(2)6-9(13)7-15-20(18,19)11-4-3-8(12(16)17)5-10(11)14/h3-5,9,15H,6-7H2,1-2H3,(H,16,17). The third-order valence-electron chi connectivity index (χ3n) is 3.71. The first-order chi connectivity index (χ1) is 9.13. The van der Waals surface area contributed by atoms with Crippen molar-refractivity contribution in [2.45, 2.75) is 25.2 Å². The summed E-state index contributed by atoms with van der Waals surface area (Å²) >= 11 is 3.11. The van der Waals surface area contributed by atoms with Gasteiger partial charge in [-0.15, -0.1) is 0 Å². The molecule has 2 N–H and O–H groups in total. The van der Waals surface area contributed by atoms with E-state index in [2.05, 4.69) is 34.5 Å². The van der Waals surface area contributed by atoms with E-state index in [-0.39, 0.29) is 20.3 Å². The molecule has 1 unspecified atom stereocenters. The molecule has 0 heterocycles. The van der Waals surface area contributed by atoms with E-state index in [1.165, 1.54) is 18.2 Å². The predicted molar refractivity (Wildman–Crippen MR) is 78.2 cm³/mol. The fourth-order valence-corrected chi connectivity index (χ4v) is 4.22. The molecular weight excluding hydrogens is 346 g/mol. The Morgan fingerprint density at radius 2 is 2.10 bits per heavy atom. The number of benzene rings is 1. The van der Waals surface area contributed by atoms with E-state index in [0.717, 1.165) is 6.42 Å². The maximum atomic E-state index is 12.2.